The molecule has 106 valence electrons. The summed E-state index contributed by atoms with van der Waals surface area (Å²) < 4.78 is 5.31. The Bertz CT molecular complexity index is 419. The lowest BCUT2D eigenvalue weighted by molar-refractivity contribution is 0.318. The van der Waals surface area contributed by atoms with E-state index in [0.29, 0.717) is 12.1 Å². The van der Waals surface area contributed by atoms with Crippen molar-refractivity contribution in [3.8, 4) is 5.75 Å². The largest absolute Gasteiger partial charge is 0.496 e. The molecular weight excluding hydrogens is 242 g/mol. The number of methoxy groups -OCH3 is 1. The predicted molar refractivity (Wildman–Crippen MR) is 76.7 cm³/mol. The lowest BCUT2D eigenvalue weighted by atomic mass is 10.1. The number of ether oxygens (including phenoxy) is 1. The number of benzene rings is 1. The van der Waals surface area contributed by atoms with Crippen LogP contribution in [0.15, 0.2) is 23.4 Å². The monoisotopic (exact) mass is 265 g/mol. The van der Waals surface area contributed by atoms with Crippen molar-refractivity contribution in [2.75, 3.05) is 13.7 Å². The SMILES string of the molecule is CCCCCNCc1cc(/C(N)=N/O)ccc1OC. The molecule has 0 bridgehead atoms. The fourth-order valence-electron chi connectivity index (χ4n) is 1.86. The minimum atomic E-state index is 0.106. The van der Waals surface area contributed by atoms with Gasteiger partial charge in [0.25, 0.3) is 0 Å². The van der Waals surface area contributed by atoms with Crippen LogP contribution in [0.25, 0.3) is 0 Å². The van der Waals surface area contributed by atoms with Crippen LogP contribution < -0.4 is 15.8 Å². The molecule has 0 saturated heterocycles. The quantitative estimate of drug-likeness (QED) is 0.221. The lowest BCUT2D eigenvalue weighted by Gasteiger charge is -2.11. The molecular formula is C14H23N3O2. The molecule has 0 unspecified atom stereocenters. The number of nitrogens with zero attached hydrogens (tertiary/aromatic N) is 1. The van der Waals surface area contributed by atoms with Gasteiger partial charge in [0, 0.05) is 17.7 Å². The van der Waals surface area contributed by atoms with Crippen molar-refractivity contribution in [1.82, 2.24) is 5.32 Å². The van der Waals surface area contributed by atoms with Gasteiger partial charge in [-0.1, -0.05) is 24.9 Å². The summed E-state index contributed by atoms with van der Waals surface area (Å²) in [5.41, 5.74) is 7.28. The van der Waals surface area contributed by atoms with Gasteiger partial charge in [-0.3, -0.25) is 0 Å². The topological polar surface area (TPSA) is 79.9 Å². The van der Waals surface area contributed by atoms with Crippen molar-refractivity contribution >= 4 is 5.84 Å². The molecule has 5 heteroatoms. The first-order valence-electron chi connectivity index (χ1n) is 6.58. The summed E-state index contributed by atoms with van der Waals surface area (Å²) in [5.74, 6) is 0.910. The van der Waals surface area contributed by atoms with Gasteiger partial charge in [-0.2, -0.15) is 0 Å². The molecule has 0 spiro atoms. The highest BCUT2D eigenvalue weighted by molar-refractivity contribution is 5.97. The molecule has 0 amide bonds. The van der Waals surface area contributed by atoms with E-state index < -0.39 is 0 Å². The van der Waals surface area contributed by atoms with Crippen molar-refractivity contribution in [3.63, 3.8) is 0 Å². The number of unbranched alkanes of at least 4 members (excludes halogenated alkanes) is 2. The minimum Gasteiger partial charge on any atom is -0.496 e. The number of oxime groups is 1. The number of rotatable bonds is 8. The molecule has 0 heterocycles. The van der Waals surface area contributed by atoms with E-state index in [4.69, 9.17) is 15.7 Å². The highest BCUT2D eigenvalue weighted by atomic mass is 16.5. The molecule has 4 N–H and O–H groups in total. The van der Waals surface area contributed by atoms with E-state index in [1.807, 2.05) is 12.1 Å². The number of hydrogen-bond donors (Lipinski definition) is 3. The highest BCUT2D eigenvalue weighted by Gasteiger charge is 2.06. The Kier molecular flexibility index (Phi) is 6.74. The molecule has 1 rings (SSSR count). The molecule has 0 aromatic heterocycles. The third-order valence-corrected chi connectivity index (χ3v) is 2.96. The van der Waals surface area contributed by atoms with E-state index in [2.05, 4.69) is 17.4 Å². The van der Waals surface area contributed by atoms with E-state index in [-0.39, 0.29) is 5.84 Å². The van der Waals surface area contributed by atoms with Crippen LogP contribution in [-0.2, 0) is 6.54 Å². The van der Waals surface area contributed by atoms with Gasteiger partial charge in [0.2, 0.25) is 0 Å². The van der Waals surface area contributed by atoms with Gasteiger partial charge in [-0.05, 0) is 31.2 Å². The summed E-state index contributed by atoms with van der Waals surface area (Å²) in [5, 5.41) is 15.1. The van der Waals surface area contributed by atoms with Crippen LogP contribution >= 0.6 is 0 Å². The Morgan fingerprint density at radius 2 is 2.21 bits per heavy atom. The molecule has 0 aliphatic carbocycles. The van der Waals surface area contributed by atoms with Gasteiger partial charge in [-0.25, -0.2) is 0 Å². The van der Waals surface area contributed by atoms with Crippen LogP contribution in [0.5, 0.6) is 5.75 Å². The first kappa shape index (κ1) is 15.3. The van der Waals surface area contributed by atoms with Gasteiger partial charge in [-0.15, -0.1) is 0 Å². The fourth-order valence-corrected chi connectivity index (χ4v) is 1.86. The van der Waals surface area contributed by atoms with E-state index in [9.17, 15) is 0 Å². The third-order valence-electron chi connectivity index (χ3n) is 2.96. The Morgan fingerprint density at radius 1 is 1.42 bits per heavy atom. The van der Waals surface area contributed by atoms with Crippen LogP contribution in [0, 0.1) is 0 Å². The summed E-state index contributed by atoms with van der Waals surface area (Å²) in [7, 11) is 1.64. The molecule has 0 atom stereocenters. The van der Waals surface area contributed by atoms with Crippen LogP contribution in [0.2, 0.25) is 0 Å². The number of hydrogen-bond acceptors (Lipinski definition) is 4. The fraction of sp³-hybridized carbons (Fsp3) is 0.500. The van der Waals surface area contributed by atoms with Gasteiger partial charge in [0.15, 0.2) is 5.84 Å². The van der Waals surface area contributed by atoms with Gasteiger partial charge < -0.3 is 21.0 Å². The summed E-state index contributed by atoms with van der Waals surface area (Å²) in [6, 6.07) is 5.48. The predicted octanol–water partition coefficient (Wildman–Crippen LogP) is 2.07. The molecule has 0 saturated carbocycles. The molecule has 1 aromatic rings. The summed E-state index contributed by atoms with van der Waals surface area (Å²) >= 11 is 0. The summed E-state index contributed by atoms with van der Waals surface area (Å²) in [6.07, 6.45) is 3.61. The van der Waals surface area contributed by atoms with Crippen LogP contribution in [0.3, 0.4) is 0 Å². The van der Waals surface area contributed by atoms with Crippen LogP contribution in [0.4, 0.5) is 0 Å². The number of nitrogens with two attached hydrogens (primary N) is 1. The maximum absolute atomic E-state index is 8.69. The Balaban J connectivity index is 2.68. The smallest absolute Gasteiger partial charge is 0.170 e. The van der Waals surface area contributed by atoms with Crippen molar-refractivity contribution < 1.29 is 9.94 Å². The van der Waals surface area contributed by atoms with Crippen molar-refractivity contribution in [1.29, 1.82) is 0 Å². The second-order valence-electron chi connectivity index (χ2n) is 4.40. The van der Waals surface area contributed by atoms with Gasteiger partial charge in [0.1, 0.15) is 5.75 Å². The summed E-state index contributed by atoms with van der Waals surface area (Å²) in [4.78, 5) is 0. The molecule has 1 aromatic carbocycles. The average Bonchev–Trinajstić information content (AvgIpc) is 2.46. The number of nitrogens with one attached hydrogen (secondary N) is 1. The number of amidine groups is 1. The van der Waals surface area contributed by atoms with E-state index in [1.54, 1.807) is 13.2 Å². The molecule has 19 heavy (non-hydrogen) atoms. The second kappa shape index (κ2) is 8.37. The first-order chi connectivity index (χ1) is 9.22. The molecule has 0 aliphatic heterocycles. The normalized spacial score (nSPS) is 11.6. The second-order valence-corrected chi connectivity index (χ2v) is 4.40. The lowest BCUT2D eigenvalue weighted by Crippen LogP contribution is -2.17. The molecule has 0 radical (unpaired) electrons. The third kappa shape index (κ3) is 4.79. The maximum Gasteiger partial charge on any atom is 0.170 e. The van der Waals surface area contributed by atoms with Gasteiger partial charge in [0.05, 0.1) is 7.11 Å². The minimum absolute atomic E-state index is 0.106. The van der Waals surface area contributed by atoms with Crippen LogP contribution in [0.1, 0.15) is 37.3 Å². The van der Waals surface area contributed by atoms with E-state index >= 15 is 0 Å². The highest BCUT2D eigenvalue weighted by Crippen LogP contribution is 2.19. The van der Waals surface area contributed by atoms with E-state index in [1.165, 1.54) is 19.3 Å². The van der Waals surface area contributed by atoms with Crippen LogP contribution in [-0.4, -0.2) is 24.7 Å². The van der Waals surface area contributed by atoms with Crippen molar-refractivity contribution in [2.45, 2.75) is 32.7 Å². The van der Waals surface area contributed by atoms with E-state index in [0.717, 1.165) is 17.9 Å². The standard InChI is InChI=1S/C14H23N3O2/c1-3-4-5-8-16-10-12-9-11(14(15)17-18)6-7-13(12)19-2/h6-7,9,16,18H,3-5,8,10H2,1-2H3,(H2,15,17). The molecule has 5 nitrogen and oxygen atoms in total. The zero-order valence-corrected chi connectivity index (χ0v) is 11.6. The Hall–Kier alpha value is -1.75. The molecule has 0 fully saturated rings. The zero-order chi connectivity index (χ0) is 14.1. The Morgan fingerprint density at radius 3 is 2.84 bits per heavy atom. The molecule has 0 aliphatic rings. The zero-order valence-electron chi connectivity index (χ0n) is 11.6. The summed E-state index contributed by atoms with van der Waals surface area (Å²) in [6.45, 7) is 3.87. The maximum atomic E-state index is 8.69. The first-order valence-corrected chi connectivity index (χ1v) is 6.58. The van der Waals surface area contributed by atoms with Crippen molar-refractivity contribution in [2.24, 2.45) is 10.9 Å². The average molecular weight is 265 g/mol. The van der Waals surface area contributed by atoms with Crippen molar-refractivity contribution in [3.05, 3.63) is 29.3 Å². The Labute approximate surface area is 114 Å². The van der Waals surface area contributed by atoms with Gasteiger partial charge >= 0.3 is 0 Å².